The molecular weight excluding hydrogens is 310 g/mol. The van der Waals surface area contributed by atoms with Crippen LogP contribution in [0.3, 0.4) is 0 Å². The third-order valence-electron chi connectivity index (χ3n) is 4.57. The van der Waals surface area contributed by atoms with Crippen LogP contribution < -0.4 is 10.2 Å². The average Bonchev–Trinajstić information content (AvgIpc) is 3.40. The van der Waals surface area contributed by atoms with Crippen molar-refractivity contribution >= 4 is 23.2 Å². The Balaban J connectivity index is 1.42. The lowest BCUT2D eigenvalue weighted by Gasteiger charge is -2.32. The lowest BCUT2D eigenvalue weighted by atomic mass is 9.93. The molecule has 0 radical (unpaired) electrons. The van der Waals surface area contributed by atoms with Gasteiger partial charge in [-0.2, -0.15) is 0 Å². The molecule has 0 amide bonds. The van der Waals surface area contributed by atoms with Gasteiger partial charge < -0.3 is 10.2 Å². The van der Waals surface area contributed by atoms with Crippen molar-refractivity contribution in [3.63, 3.8) is 0 Å². The molecule has 1 N–H and O–H groups in total. The first-order valence-electron chi connectivity index (χ1n) is 8.23. The van der Waals surface area contributed by atoms with Crippen molar-refractivity contribution in [1.29, 1.82) is 0 Å². The van der Waals surface area contributed by atoms with E-state index in [-0.39, 0.29) is 0 Å². The molecule has 5 nitrogen and oxygen atoms in total. The van der Waals surface area contributed by atoms with Gasteiger partial charge in [0.05, 0.1) is 10.7 Å². The molecule has 23 heavy (non-hydrogen) atoms. The Kier molecular flexibility index (Phi) is 4.04. The minimum Gasteiger partial charge on any atom is -0.367 e. The van der Waals surface area contributed by atoms with E-state index in [2.05, 4.69) is 31.2 Å². The first kappa shape index (κ1) is 14.7. The Hall–Kier alpha value is -1.88. The third-order valence-corrected chi connectivity index (χ3v) is 4.89. The molecule has 0 spiro atoms. The number of halogens is 1. The van der Waals surface area contributed by atoms with E-state index in [9.17, 15) is 0 Å². The monoisotopic (exact) mass is 329 g/mol. The van der Waals surface area contributed by atoms with Crippen molar-refractivity contribution < 1.29 is 0 Å². The summed E-state index contributed by atoms with van der Waals surface area (Å²) in [5, 5.41) is 4.21. The van der Waals surface area contributed by atoms with Crippen LogP contribution in [0.2, 0.25) is 5.02 Å². The van der Waals surface area contributed by atoms with Crippen LogP contribution in [0.25, 0.3) is 0 Å². The summed E-state index contributed by atoms with van der Waals surface area (Å²) in [5.41, 5.74) is 1.03. The van der Waals surface area contributed by atoms with E-state index in [0.29, 0.717) is 12.0 Å². The van der Waals surface area contributed by atoms with Gasteiger partial charge in [0, 0.05) is 37.3 Å². The van der Waals surface area contributed by atoms with Crippen LogP contribution in [0.1, 0.15) is 37.3 Å². The first-order valence-corrected chi connectivity index (χ1v) is 8.61. The van der Waals surface area contributed by atoms with Gasteiger partial charge in [-0.3, -0.25) is 4.98 Å². The molecule has 4 rings (SSSR count). The van der Waals surface area contributed by atoms with Gasteiger partial charge in [0.1, 0.15) is 18.0 Å². The number of piperidine rings is 1. The van der Waals surface area contributed by atoms with Gasteiger partial charge in [0.25, 0.3) is 0 Å². The van der Waals surface area contributed by atoms with Gasteiger partial charge in [-0.1, -0.05) is 11.6 Å². The van der Waals surface area contributed by atoms with Crippen LogP contribution in [0.4, 0.5) is 11.6 Å². The van der Waals surface area contributed by atoms with Crippen LogP contribution >= 0.6 is 11.6 Å². The highest BCUT2D eigenvalue weighted by atomic mass is 35.5. The number of hydrogen-bond donors (Lipinski definition) is 1. The van der Waals surface area contributed by atoms with Gasteiger partial charge in [-0.25, -0.2) is 9.97 Å². The fourth-order valence-electron chi connectivity index (χ4n) is 3.12. The normalized spacial score (nSPS) is 18.9. The van der Waals surface area contributed by atoms with E-state index < -0.39 is 0 Å². The number of pyridine rings is 1. The van der Waals surface area contributed by atoms with Gasteiger partial charge in [0.2, 0.25) is 0 Å². The molecule has 0 atom stereocenters. The second-order valence-electron chi connectivity index (χ2n) is 6.31. The average molecular weight is 330 g/mol. The second-order valence-corrected chi connectivity index (χ2v) is 6.72. The van der Waals surface area contributed by atoms with E-state index in [1.807, 2.05) is 18.3 Å². The maximum absolute atomic E-state index is 6.28. The first-order chi connectivity index (χ1) is 11.3. The molecule has 1 aliphatic heterocycles. The smallest absolute Gasteiger partial charge is 0.134 e. The Bertz CT molecular complexity index is 680. The lowest BCUT2D eigenvalue weighted by molar-refractivity contribution is 0.494. The molecule has 1 saturated carbocycles. The van der Waals surface area contributed by atoms with Crippen LogP contribution in [-0.2, 0) is 0 Å². The summed E-state index contributed by atoms with van der Waals surface area (Å²) in [6, 6.07) is 6.48. The standard InChI is InChI=1S/C17H20ClN5/c18-14-2-1-7-19-17(14)12-5-8-23(9-6-12)16-10-15(20-11-21-16)22-13-3-4-13/h1-2,7,10-13H,3-6,8-9H2,(H,20,21,22). The SMILES string of the molecule is Clc1cccnc1C1CCN(c2cc(NC3CC3)ncn2)CC1. The third kappa shape index (κ3) is 3.39. The summed E-state index contributed by atoms with van der Waals surface area (Å²) in [6.07, 6.45) is 8.07. The van der Waals surface area contributed by atoms with E-state index in [4.69, 9.17) is 11.6 Å². The molecule has 2 aliphatic rings. The van der Waals surface area contributed by atoms with Crippen molar-refractivity contribution in [3.8, 4) is 0 Å². The Morgan fingerprint density at radius 2 is 1.91 bits per heavy atom. The zero-order valence-corrected chi connectivity index (χ0v) is 13.7. The predicted octanol–water partition coefficient (Wildman–Crippen LogP) is 3.48. The zero-order chi connectivity index (χ0) is 15.6. The van der Waals surface area contributed by atoms with Gasteiger partial charge in [-0.05, 0) is 37.8 Å². The maximum Gasteiger partial charge on any atom is 0.134 e. The molecule has 0 unspecified atom stereocenters. The van der Waals surface area contributed by atoms with Crippen LogP contribution in [-0.4, -0.2) is 34.1 Å². The van der Waals surface area contributed by atoms with Gasteiger partial charge in [-0.15, -0.1) is 0 Å². The molecule has 120 valence electrons. The van der Waals surface area contributed by atoms with Crippen LogP contribution in [0.5, 0.6) is 0 Å². The minimum absolute atomic E-state index is 0.436. The number of nitrogens with one attached hydrogen (secondary N) is 1. The quantitative estimate of drug-likeness (QED) is 0.930. The van der Waals surface area contributed by atoms with Crippen molar-refractivity contribution in [2.75, 3.05) is 23.3 Å². The Morgan fingerprint density at radius 3 is 2.65 bits per heavy atom. The molecule has 2 aromatic heterocycles. The number of anilines is 2. The number of aromatic nitrogens is 3. The predicted molar refractivity (Wildman–Crippen MR) is 92.1 cm³/mol. The summed E-state index contributed by atoms with van der Waals surface area (Å²) in [7, 11) is 0. The van der Waals surface area contributed by atoms with Crippen LogP contribution in [0.15, 0.2) is 30.7 Å². The summed E-state index contributed by atoms with van der Waals surface area (Å²) in [6.45, 7) is 1.94. The summed E-state index contributed by atoms with van der Waals surface area (Å²) in [5.74, 6) is 2.38. The van der Waals surface area contributed by atoms with E-state index in [1.54, 1.807) is 6.33 Å². The largest absolute Gasteiger partial charge is 0.367 e. The van der Waals surface area contributed by atoms with Crippen molar-refractivity contribution in [2.45, 2.75) is 37.6 Å². The summed E-state index contributed by atoms with van der Waals surface area (Å²) < 4.78 is 0. The number of nitrogens with zero attached hydrogens (tertiary/aromatic N) is 4. The van der Waals surface area contributed by atoms with E-state index >= 15 is 0 Å². The highest BCUT2D eigenvalue weighted by Crippen LogP contribution is 2.32. The fourth-order valence-corrected chi connectivity index (χ4v) is 3.39. The Labute approximate surface area is 141 Å². The zero-order valence-electron chi connectivity index (χ0n) is 13.0. The molecule has 3 heterocycles. The lowest BCUT2D eigenvalue weighted by Crippen LogP contribution is -2.33. The van der Waals surface area contributed by atoms with Gasteiger partial charge >= 0.3 is 0 Å². The highest BCUT2D eigenvalue weighted by Gasteiger charge is 2.25. The Morgan fingerprint density at radius 1 is 1.09 bits per heavy atom. The molecular formula is C17H20ClN5. The van der Waals surface area contributed by atoms with E-state index in [0.717, 1.165) is 48.3 Å². The highest BCUT2D eigenvalue weighted by molar-refractivity contribution is 6.31. The molecule has 2 aromatic rings. The topological polar surface area (TPSA) is 53.9 Å². The van der Waals surface area contributed by atoms with Crippen LogP contribution in [0, 0.1) is 0 Å². The molecule has 6 heteroatoms. The second kappa shape index (κ2) is 6.32. The van der Waals surface area contributed by atoms with Crippen molar-refractivity contribution in [3.05, 3.63) is 41.4 Å². The summed E-state index contributed by atoms with van der Waals surface area (Å²) >= 11 is 6.28. The van der Waals surface area contributed by atoms with E-state index in [1.165, 1.54) is 12.8 Å². The maximum atomic E-state index is 6.28. The van der Waals surface area contributed by atoms with Gasteiger partial charge in [0.15, 0.2) is 0 Å². The summed E-state index contributed by atoms with van der Waals surface area (Å²) in [4.78, 5) is 15.5. The molecule has 1 saturated heterocycles. The molecule has 0 aromatic carbocycles. The number of rotatable bonds is 4. The molecule has 0 bridgehead atoms. The minimum atomic E-state index is 0.436. The number of hydrogen-bond acceptors (Lipinski definition) is 5. The molecule has 2 fully saturated rings. The fraction of sp³-hybridized carbons (Fsp3) is 0.471. The molecule has 1 aliphatic carbocycles. The van der Waals surface area contributed by atoms with Crippen molar-refractivity contribution in [2.24, 2.45) is 0 Å². The van der Waals surface area contributed by atoms with Crippen molar-refractivity contribution in [1.82, 2.24) is 15.0 Å².